The third-order valence-corrected chi connectivity index (χ3v) is 8.26. The Hall–Kier alpha value is -4.45. The van der Waals surface area contributed by atoms with Gasteiger partial charge in [-0.3, -0.25) is 4.79 Å². The predicted octanol–water partition coefficient (Wildman–Crippen LogP) is 7.03. The predicted molar refractivity (Wildman–Crippen MR) is 153 cm³/mol. The minimum absolute atomic E-state index is 0.154. The second-order valence-electron chi connectivity index (χ2n) is 10.5. The third-order valence-electron chi connectivity index (χ3n) is 8.26. The molecule has 0 radical (unpaired) electrons. The molecule has 0 aromatic heterocycles. The molecule has 0 amide bonds. The quantitative estimate of drug-likeness (QED) is 0.261. The number of rotatable bonds is 8. The lowest BCUT2D eigenvalue weighted by atomic mass is 9.68. The van der Waals surface area contributed by atoms with E-state index in [4.69, 9.17) is 18.9 Å². The number of hydrogen-bond donors (Lipinski definition) is 1. The van der Waals surface area contributed by atoms with Gasteiger partial charge in [-0.2, -0.15) is 0 Å². The topological polar surface area (TPSA) is 74.2 Å². The van der Waals surface area contributed by atoms with Crippen LogP contribution in [0.5, 0.6) is 23.0 Å². The van der Waals surface area contributed by atoms with Crippen LogP contribution in [0, 0.1) is 5.92 Å². The first-order valence-corrected chi connectivity index (χ1v) is 13.6. The van der Waals surface area contributed by atoms with Crippen LogP contribution in [0.15, 0.2) is 84.9 Å². The Balaban J connectivity index is 1.61. The number of aliphatic carboxylic acids is 1. The van der Waals surface area contributed by atoms with Crippen molar-refractivity contribution in [3.63, 3.8) is 0 Å². The maximum Gasteiger partial charge on any atom is 0.308 e. The average Bonchev–Trinajstić information content (AvgIpc) is 3.56. The number of methoxy groups -OCH3 is 1. The summed E-state index contributed by atoms with van der Waals surface area (Å²) in [6, 6.07) is 27.7. The number of carbonyl (C=O) groups is 1. The van der Waals surface area contributed by atoms with Crippen LogP contribution in [0.4, 0.5) is 0 Å². The first-order valence-electron chi connectivity index (χ1n) is 13.6. The van der Waals surface area contributed by atoms with Crippen molar-refractivity contribution in [3.05, 3.63) is 107 Å². The molecule has 6 heteroatoms. The minimum atomic E-state index is -0.868. The normalized spacial score (nSPS) is 20.7. The number of benzene rings is 4. The van der Waals surface area contributed by atoms with E-state index in [1.807, 2.05) is 91.9 Å². The lowest BCUT2D eigenvalue weighted by Gasteiger charge is -2.33. The van der Waals surface area contributed by atoms with Crippen molar-refractivity contribution in [2.45, 2.75) is 31.6 Å². The molecule has 0 fully saturated rings. The summed E-state index contributed by atoms with van der Waals surface area (Å²) in [6.07, 6.45) is 0.879. The van der Waals surface area contributed by atoms with Crippen molar-refractivity contribution < 1.29 is 28.8 Å². The van der Waals surface area contributed by atoms with Crippen LogP contribution in [-0.4, -0.2) is 31.6 Å². The zero-order valence-corrected chi connectivity index (χ0v) is 22.8. The summed E-state index contributed by atoms with van der Waals surface area (Å²) in [5.74, 6) is 0.622. The molecule has 204 valence electrons. The molecule has 1 heterocycles. The van der Waals surface area contributed by atoms with Gasteiger partial charge in [-0.15, -0.1) is 0 Å². The van der Waals surface area contributed by atoms with Crippen LogP contribution in [0.1, 0.15) is 48.4 Å². The van der Waals surface area contributed by atoms with Gasteiger partial charge in [0.2, 0.25) is 6.79 Å². The number of ether oxygens (including phenoxy) is 4. The first kappa shape index (κ1) is 25.8. The molecular formula is C34H32O6. The van der Waals surface area contributed by atoms with Crippen LogP contribution in [0.3, 0.4) is 0 Å². The van der Waals surface area contributed by atoms with Gasteiger partial charge >= 0.3 is 5.97 Å². The van der Waals surface area contributed by atoms with Gasteiger partial charge in [0.25, 0.3) is 0 Å². The van der Waals surface area contributed by atoms with Gasteiger partial charge in [0.05, 0.1) is 19.6 Å². The van der Waals surface area contributed by atoms with Gasteiger partial charge in [-0.25, -0.2) is 0 Å². The average molecular weight is 537 g/mol. The van der Waals surface area contributed by atoms with E-state index in [0.717, 1.165) is 45.6 Å². The Morgan fingerprint density at radius 2 is 1.70 bits per heavy atom. The third kappa shape index (κ3) is 4.15. The van der Waals surface area contributed by atoms with Crippen molar-refractivity contribution >= 4 is 5.97 Å². The highest BCUT2D eigenvalue weighted by atomic mass is 16.7. The van der Waals surface area contributed by atoms with E-state index in [2.05, 4.69) is 6.92 Å². The van der Waals surface area contributed by atoms with Crippen LogP contribution in [0.25, 0.3) is 11.1 Å². The van der Waals surface area contributed by atoms with Gasteiger partial charge < -0.3 is 24.1 Å². The van der Waals surface area contributed by atoms with Gasteiger partial charge in [-0.1, -0.05) is 62.4 Å². The fourth-order valence-corrected chi connectivity index (χ4v) is 6.35. The molecule has 0 saturated heterocycles. The van der Waals surface area contributed by atoms with Crippen molar-refractivity contribution in [2.75, 3.05) is 20.5 Å². The molecule has 4 aromatic carbocycles. The van der Waals surface area contributed by atoms with E-state index in [-0.39, 0.29) is 6.79 Å². The minimum Gasteiger partial charge on any atom is -0.497 e. The Bertz CT molecular complexity index is 1560. The molecule has 0 bridgehead atoms. The highest BCUT2D eigenvalue weighted by Gasteiger charge is 2.55. The second-order valence-corrected chi connectivity index (χ2v) is 10.5. The molecular weight excluding hydrogens is 504 g/mol. The van der Waals surface area contributed by atoms with Crippen molar-refractivity contribution in [1.82, 2.24) is 0 Å². The molecule has 1 aliphatic carbocycles. The lowest BCUT2D eigenvalue weighted by molar-refractivity contribution is -0.143. The molecule has 4 aromatic rings. The van der Waals surface area contributed by atoms with Crippen molar-refractivity contribution in [3.8, 4) is 34.1 Å². The van der Waals surface area contributed by atoms with E-state index in [0.29, 0.717) is 23.9 Å². The lowest BCUT2D eigenvalue weighted by Crippen LogP contribution is -2.37. The van der Waals surface area contributed by atoms with Crippen LogP contribution in [0.2, 0.25) is 0 Å². The fraction of sp³-hybridized carbons (Fsp3) is 0.265. The van der Waals surface area contributed by atoms with Gasteiger partial charge in [-0.05, 0) is 76.2 Å². The Morgan fingerprint density at radius 1 is 0.925 bits per heavy atom. The number of carboxylic acid groups (broad SMARTS) is 1. The summed E-state index contributed by atoms with van der Waals surface area (Å²) >= 11 is 0. The summed E-state index contributed by atoms with van der Waals surface area (Å²) in [7, 11) is 1.64. The van der Waals surface area contributed by atoms with E-state index in [1.54, 1.807) is 7.11 Å². The van der Waals surface area contributed by atoms with Gasteiger partial charge in [0, 0.05) is 11.3 Å². The number of carboxylic acids is 1. The molecule has 1 aliphatic heterocycles. The highest BCUT2D eigenvalue weighted by Crippen LogP contribution is 2.59. The summed E-state index contributed by atoms with van der Waals surface area (Å²) < 4.78 is 22.9. The summed E-state index contributed by atoms with van der Waals surface area (Å²) in [5.41, 5.74) is 4.78. The fourth-order valence-electron chi connectivity index (χ4n) is 6.35. The highest BCUT2D eigenvalue weighted by molar-refractivity contribution is 5.82. The maximum absolute atomic E-state index is 13.4. The molecule has 6 rings (SSSR count). The molecule has 2 aliphatic rings. The maximum atomic E-state index is 13.4. The van der Waals surface area contributed by atoms with Crippen LogP contribution >= 0.6 is 0 Å². The Labute approximate surface area is 234 Å². The number of hydrogen-bond acceptors (Lipinski definition) is 5. The monoisotopic (exact) mass is 536 g/mol. The molecule has 0 spiro atoms. The largest absolute Gasteiger partial charge is 0.497 e. The Morgan fingerprint density at radius 3 is 2.45 bits per heavy atom. The van der Waals surface area contributed by atoms with Crippen LogP contribution in [-0.2, 0) is 10.2 Å². The van der Waals surface area contributed by atoms with E-state index < -0.39 is 23.2 Å². The van der Waals surface area contributed by atoms with Crippen molar-refractivity contribution in [2.24, 2.45) is 5.92 Å². The Kier molecular flexibility index (Phi) is 6.62. The van der Waals surface area contributed by atoms with E-state index >= 15 is 0 Å². The summed E-state index contributed by atoms with van der Waals surface area (Å²) in [4.78, 5) is 13.4. The van der Waals surface area contributed by atoms with Crippen molar-refractivity contribution in [1.29, 1.82) is 0 Å². The molecule has 40 heavy (non-hydrogen) atoms. The smallest absolute Gasteiger partial charge is 0.308 e. The SMILES string of the molecule is CCCOc1ccc2c(c1)C(c1ccc(OC)cc1-c1ccccc1)C(C(=O)O)C2(C)c1ccc2c(c1)OCO2. The molecule has 3 unspecified atom stereocenters. The molecule has 6 nitrogen and oxygen atoms in total. The molecule has 3 atom stereocenters. The molecule has 0 saturated carbocycles. The second kappa shape index (κ2) is 10.3. The summed E-state index contributed by atoms with van der Waals surface area (Å²) in [6.45, 7) is 4.84. The van der Waals surface area contributed by atoms with Gasteiger partial charge in [0.1, 0.15) is 11.5 Å². The van der Waals surface area contributed by atoms with Crippen LogP contribution < -0.4 is 18.9 Å². The molecule has 1 N–H and O–H groups in total. The zero-order chi connectivity index (χ0) is 27.9. The van der Waals surface area contributed by atoms with E-state index in [1.165, 1.54) is 0 Å². The summed E-state index contributed by atoms with van der Waals surface area (Å²) in [5, 5.41) is 11.0. The van der Waals surface area contributed by atoms with Gasteiger partial charge in [0.15, 0.2) is 11.5 Å². The first-order chi connectivity index (χ1) is 19.5. The van der Waals surface area contributed by atoms with E-state index in [9.17, 15) is 9.90 Å². The zero-order valence-electron chi connectivity index (χ0n) is 22.8. The number of fused-ring (bicyclic) bond motifs is 2. The standard InChI is InChI=1S/C34H32O6/c1-4-16-38-24-12-14-28-27(19-24)31(25-13-11-23(37-3)18-26(25)21-8-6-5-7-9-21)32(33(35)36)34(28,2)22-10-15-29-30(17-22)40-20-39-29/h5-15,17-19,31-32H,4,16,20H2,1-3H3,(H,35,36).